The van der Waals surface area contributed by atoms with Gasteiger partial charge in [-0.1, -0.05) is 24.3 Å². The molecule has 5 heteroatoms. The highest BCUT2D eigenvalue weighted by Gasteiger charge is 2.51. The van der Waals surface area contributed by atoms with Gasteiger partial charge in [0, 0.05) is 0 Å². The summed E-state index contributed by atoms with van der Waals surface area (Å²) in [6, 6.07) is 8.30. The minimum Gasteiger partial charge on any atom is -0.421 e. The zero-order chi connectivity index (χ0) is 14.3. The summed E-state index contributed by atoms with van der Waals surface area (Å²) in [5.41, 5.74) is 1.67. The van der Waals surface area contributed by atoms with Crippen LogP contribution in [0.5, 0.6) is 0 Å². The Morgan fingerprint density at radius 2 is 1.53 bits per heavy atom. The highest BCUT2D eigenvalue weighted by atomic mass is 28.2. The predicted octanol–water partition coefficient (Wildman–Crippen LogP) is 1.34. The van der Waals surface area contributed by atoms with E-state index < -0.39 is 0 Å². The van der Waals surface area contributed by atoms with Gasteiger partial charge in [0.2, 0.25) is 0 Å². The first-order valence-electron chi connectivity index (χ1n) is 6.75. The fraction of sp³-hybridized carbons (Fsp3) is 0.571. The van der Waals surface area contributed by atoms with Gasteiger partial charge in [-0.15, -0.1) is 0 Å². The van der Waals surface area contributed by atoms with Crippen molar-refractivity contribution >= 4 is 23.1 Å². The van der Waals surface area contributed by atoms with E-state index in [4.69, 9.17) is 13.7 Å². The van der Waals surface area contributed by atoms with Crippen molar-refractivity contribution in [2.75, 3.05) is 0 Å². The molecule has 1 fully saturated rings. The van der Waals surface area contributed by atoms with Gasteiger partial charge in [0.1, 0.15) is 10.5 Å². The van der Waals surface area contributed by atoms with E-state index in [-0.39, 0.29) is 24.4 Å². The van der Waals surface area contributed by atoms with Crippen LogP contribution < -0.4 is 5.46 Å². The lowest BCUT2D eigenvalue weighted by Crippen LogP contribution is -2.41. The summed E-state index contributed by atoms with van der Waals surface area (Å²) in [5, 5.41) is 0. The van der Waals surface area contributed by atoms with E-state index in [1.807, 2.05) is 0 Å². The van der Waals surface area contributed by atoms with Crippen LogP contribution in [0.4, 0.5) is 0 Å². The fourth-order valence-electron chi connectivity index (χ4n) is 2.04. The summed E-state index contributed by atoms with van der Waals surface area (Å²) in [6.45, 7) is 10.3. The highest BCUT2D eigenvalue weighted by Crippen LogP contribution is 2.36. The van der Waals surface area contributed by atoms with Gasteiger partial charge < -0.3 is 13.7 Å². The lowest BCUT2D eigenvalue weighted by Gasteiger charge is -2.32. The summed E-state index contributed by atoms with van der Waals surface area (Å²) in [6.07, 6.45) is 0.166. The van der Waals surface area contributed by atoms with Crippen molar-refractivity contribution in [3.8, 4) is 0 Å². The van der Waals surface area contributed by atoms with E-state index in [0.717, 1.165) is 15.9 Å². The van der Waals surface area contributed by atoms with Crippen LogP contribution in [0.25, 0.3) is 0 Å². The Morgan fingerprint density at radius 1 is 1.05 bits per heavy atom. The van der Waals surface area contributed by atoms with Crippen LogP contribution in [0, 0.1) is 0 Å². The van der Waals surface area contributed by atoms with Crippen LogP contribution in [0.3, 0.4) is 0 Å². The van der Waals surface area contributed by atoms with E-state index >= 15 is 0 Å². The minimum atomic E-state index is -0.290. The molecule has 0 amide bonds. The van der Waals surface area contributed by atoms with Gasteiger partial charge in [0.25, 0.3) is 0 Å². The molecule has 0 aliphatic carbocycles. The fourth-order valence-corrected chi connectivity index (χ4v) is 2.31. The quantitative estimate of drug-likeness (QED) is 0.781. The Morgan fingerprint density at radius 3 is 1.95 bits per heavy atom. The molecule has 1 saturated heterocycles. The lowest BCUT2D eigenvalue weighted by atomic mass is 9.78. The van der Waals surface area contributed by atoms with Gasteiger partial charge in [0.05, 0.1) is 17.3 Å². The third kappa shape index (κ3) is 2.79. The van der Waals surface area contributed by atoms with E-state index in [1.165, 1.54) is 5.56 Å². The maximum Gasteiger partial charge on any atom is 0.494 e. The van der Waals surface area contributed by atoms with Crippen molar-refractivity contribution in [2.45, 2.75) is 51.9 Å². The van der Waals surface area contributed by atoms with E-state index in [9.17, 15) is 0 Å². The summed E-state index contributed by atoms with van der Waals surface area (Å²) in [5.74, 6) is 0. The van der Waals surface area contributed by atoms with Crippen molar-refractivity contribution in [1.29, 1.82) is 0 Å². The van der Waals surface area contributed by atoms with E-state index in [2.05, 4.69) is 58.9 Å². The second-order valence-corrected chi connectivity index (χ2v) is 6.60. The van der Waals surface area contributed by atoms with Crippen molar-refractivity contribution in [3.05, 3.63) is 29.8 Å². The first-order valence-corrected chi connectivity index (χ1v) is 7.57. The topological polar surface area (TPSA) is 27.7 Å². The largest absolute Gasteiger partial charge is 0.494 e. The highest BCUT2D eigenvalue weighted by molar-refractivity contribution is 6.62. The Hall–Kier alpha value is -0.618. The number of hydrogen-bond acceptors (Lipinski definition) is 3. The molecule has 0 radical (unpaired) electrons. The summed E-state index contributed by atoms with van der Waals surface area (Å²) in [4.78, 5) is 0. The van der Waals surface area contributed by atoms with Gasteiger partial charge in [-0.2, -0.15) is 0 Å². The van der Waals surface area contributed by atoms with E-state index in [1.54, 1.807) is 0 Å². The Labute approximate surface area is 119 Å². The van der Waals surface area contributed by atoms with Gasteiger partial charge in [-0.3, -0.25) is 0 Å². The second-order valence-electron chi connectivity index (χ2n) is 6.13. The molecule has 19 heavy (non-hydrogen) atoms. The Balaban J connectivity index is 2.17. The molecule has 0 N–H and O–H groups in total. The molecule has 1 unspecified atom stereocenters. The second kappa shape index (κ2) is 5.05. The number of rotatable bonds is 3. The molecule has 0 aromatic heterocycles. The van der Waals surface area contributed by atoms with Gasteiger partial charge in [0.15, 0.2) is 0 Å². The molecule has 104 valence electrons. The van der Waals surface area contributed by atoms with Gasteiger partial charge >= 0.3 is 7.12 Å². The molecule has 1 aromatic carbocycles. The Kier molecular flexibility index (Phi) is 3.93. The molecule has 3 nitrogen and oxygen atoms in total. The predicted molar refractivity (Wildman–Crippen MR) is 81.6 cm³/mol. The monoisotopic (exact) mass is 278 g/mol. The van der Waals surface area contributed by atoms with Gasteiger partial charge in [-0.25, -0.2) is 0 Å². The number of hydrogen-bond donors (Lipinski definition) is 0. The zero-order valence-electron chi connectivity index (χ0n) is 12.7. The van der Waals surface area contributed by atoms with Gasteiger partial charge in [-0.05, 0) is 45.6 Å². The molecule has 1 aliphatic rings. The van der Waals surface area contributed by atoms with Crippen LogP contribution >= 0.6 is 0 Å². The summed E-state index contributed by atoms with van der Waals surface area (Å²) < 4.78 is 17.5. The summed E-state index contributed by atoms with van der Waals surface area (Å²) in [7, 11) is 0.465. The van der Waals surface area contributed by atoms with Crippen LogP contribution in [-0.2, 0) is 13.7 Å². The standard InChI is InChI=1S/C14H23BO3Si/c1-10(16-19)11-6-8-12(9-7-11)15-17-13(2,3)14(4,5)18-15/h6-10H,1-5,19H3. The third-order valence-corrected chi connectivity index (χ3v) is 4.99. The third-order valence-electron chi connectivity index (χ3n) is 4.28. The molecule has 1 aliphatic heterocycles. The van der Waals surface area contributed by atoms with Crippen molar-refractivity contribution < 1.29 is 13.7 Å². The first kappa shape index (κ1) is 14.8. The average Bonchev–Trinajstić information content (AvgIpc) is 2.58. The molecule has 0 bridgehead atoms. The maximum absolute atomic E-state index is 6.03. The zero-order valence-corrected chi connectivity index (χ0v) is 14.7. The average molecular weight is 278 g/mol. The first-order chi connectivity index (χ1) is 8.77. The van der Waals surface area contributed by atoms with Crippen LogP contribution in [0.2, 0.25) is 0 Å². The van der Waals surface area contributed by atoms with Crippen molar-refractivity contribution in [1.82, 2.24) is 0 Å². The number of benzene rings is 1. The molecule has 1 aromatic rings. The summed E-state index contributed by atoms with van der Waals surface area (Å²) >= 11 is 0. The van der Waals surface area contributed by atoms with E-state index in [0.29, 0.717) is 0 Å². The molecule has 0 saturated carbocycles. The minimum absolute atomic E-state index is 0.166. The lowest BCUT2D eigenvalue weighted by molar-refractivity contribution is 0.00578. The molecular formula is C14H23BO3Si. The van der Waals surface area contributed by atoms with Crippen LogP contribution in [0.15, 0.2) is 24.3 Å². The van der Waals surface area contributed by atoms with Crippen molar-refractivity contribution in [2.24, 2.45) is 0 Å². The Bertz CT molecular complexity index is 429. The normalized spacial score (nSPS) is 22.7. The molecule has 2 rings (SSSR count). The molecule has 1 heterocycles. The van der Waals surface area contributed by atoms with Crippen LogP contribution in [0.1, 0.15) is 46.3 Å². The van der Waals surface area contributed by atoms with Crippen molar-refractivity contribution in [3.63, 3.8) is 0 Å². The molecule has 1 atom stereocenters. The smallest absolute Gasteiger partial charge is 0.421 e. The van der Waals surface area contributed by atoms with Crippen LogP contribution in [-0.4, -0.2) is 28.8 Å². The molecular weight excluding hydrogens is 255 g/mol. The SMILES string of the molecule is CC(O[SiH3])c1ccc(B2OC(C)(C)C(C)(C)O2)cc1. The maximum atomic E-state index is 6.03. The molecule has 0 spiro atoms.